The van der Waals surface area contributed by atoms with Crippen molar-refractivity contribution >= 4 is 17.2 Å². The third kappa shape index (κ3) is 4.70. The molecular formula is C19H20N2O3S. The normalized spacial score (nSPS) is 10.8. The molecule has 0 aliphatic heterocycles. The van der Waals surface area contributed by atoms with Crippen molar-refractivity contribution in [2.24, 2.45) is 0 Å². The largest absolute Gasteiger partial charge is 0.486 e. The highest BCUT2D eigenvalue weighted by atomic mass is 32.1. The molecule has 0 fully saturated rings. The van der Waals surface area contributed by atoms with Crippen LogP contribution in [0.3, 0.4) is 0 Å². The number of hydrogen-bond acceptors (Lipinski definition) is 5. The van der Waals surface area contributed by atoms with E-state index in [9.17, 15) is 4.79 Å². The molecular weight excluding hydrogens is 336 g/mol. The van der Waals surface area contributed by atoms with Crippen LogP contribution < -0.4 is 10.1 Å². The lowest BCUT2D eigenvalue weighted by Crippen LogP contribution is -2.22. The third-order valence-electron chi connectivity index (χ3n) is 3.67. The number of nitrogens with one attached hydrogen (secondary N) is 1. The van der Waals surface area contributed by atoms with Crippen molar-refractivity contribution < 1.29 is 13.9 Å². The molecule has 0 spiro atoms. The maximum Gasteiger partial charge on any atom is 0.271 e. The molecule has 3 rings (SSSR count). The van der Waals surface area contributed by atoms with E-state index in [1.54, 1.807) is 17.7 Å². The van der Waals surface area contributed by atoms with Gasteiger partial charge in [-0.25, -0.2) is 4.98 Å². The van der Waals surface area contributed by atoms with Gasteiger partial charge in [-0.05, 0) is 35.7 Å². The Bertz CT molecular complexity index is 825. The quantitative estimate of drug-likeness (QED) is 0.683. The minimum absolute atomic E-state index is 0.222. The smallest absolute Gasteiger partial charge is 0.271 e. The van der Waals surface area contributed by atoms with Crippen LogP contribution in [0.2, 0.25) is 0 Å². The number of thiazole rings is 1. The molecule has 3 aromatic rings. The average Bonchev–Trinajstić information content (AvgIpc) is 3.30. The molecule has 0 bridgehead atoms. The van der Waals surface area contributed by atoms with Crippen molar-refractivity contribution in [1.29, 1.82) is 0 Å². The van der Waals surface area contributed by atoms with E-state index in [1.807, 2.05) is 24.3 Å². The second kappa shape index (κ2) is 7.98. The first-order chi connectivity index (χ1) is 12.1. The monoisotopic (exact) mass is 356 g/mol. The zero-order valence-corrected chi connectivity index (χ0v) is 15.0. The number of amides is 1. The van der Waals surface area contributed by atoms with Crippen molar-refractivity contribution in [1.82, 2.24) is 10.3 Å². The number of benzene rings is 1. The van der Waals surface area contributed by atoms with Crippen molar-refractivity contribution in [3.8, 4) is 5.75 Å². The van der Waals surface area contributed by atoms with Gasteiger partial charge < -0.3 is 14.5 Å². The van der Waals surface area contributed by atoms with Crippen LogP contribution in [0.5, 0.6) is 5.75 Å². The Hall–Kier alpha value is -2.60. The number of nitrogens with zero attached hydrogens (tertiary/aromatic N) is 1. The Morgan fingerprint density at radius 2 is 2.20 bits per heavy atom. The fraction of sp³-hybridized carbons (Fsp3) is 0.263. The van der Waals surface area contributed by atoms with Crippen LogP contribution >= 0.6 is 11.3 Å². The molecule has 1 amide bonds. The molecule has 0 aliphatic rings. The fourth-order valence-electron chi connectivity index (χ4n) is 2.26. The lowest BCUT2D eigenvalue weighted by Gasteiger charge is -2.08. The van der Waals surface area contributed by atoms with Gasteiger partial charge in [0.15, 0.2) is 0 Å². The van der Waals surface area contributed by atoms with Crippen LogP contribution in [0.1, 0.15) is 46.6 Å². The third-order valence-corrected chi connectivity index (χ3v) is 4.50. The number of rotatable bonds is 7. The summed E-state index contributed by atoms with van der Waals surface area (Å²) in [6, 6.07) is 11.6. The first kappa shape index (κ1) is 17.2. The van der Waals surface area contributed by atoms with Crippen LogP contribution in [0.25, 0.3) is 0 Å². The summed E-state index contributed by atoms with van der Waals surface area (Å²) in [6.07, 6.45) is 1.58. The summed E-state index contributed by atoms with van der Waals surface area (Å²) >= 11 is 1.41. The van der Waals surface area contributed by atoms with E-state index in [-0.39, 0.29) is 5.91 Å². The Morgan fingerprint density at radius 3 is 2.96 bits per heavy atom. The van der Waals surface area contributed by atoms with Gasteiger partial charge in [0.2, 0.25) is 0 Å². The number of hydrogen-bond donors (Lipinski definition) is 1. The maximum atomic E-state index is 12.1. The van der Waals surface area contributed by atoms with Gasteiger partial charge in [-0.3, -0.25) is 4.79 Å². The fourth-order valence-corrected chi connectivity index (χ4v) is 2.95. The topological polar surface area (TPSA) is 64.4 Å². The van der Waals surface area contributed by atoms with Crippen molar-refractivity contribution in [3.05, 3.63) is 70.1 Å². The van der Waals surface area contributed by atoms with Gasteiger partial charge in [0.05, 0.1) is 12.8 Å². The van der Waals surface area contributed by atoms with Gasteiger partial charge in [-0.2, -0.15) is 0 Å². The molecule has 2 heterocycles. The van der Waals surface area contributed by atoms with Crippen molar-refractivity contribution in [3.63, 3.8) is 0 Å². The molecule has 0 saturated heterocycles. The molecule has 0 radical (unpaired) electrons. The van der Waals surface area contributed by atoms with E-state index in [2.05, 4.69) is 30.2 Å². The highest BCUT2D eigenvalue weighted by molar-refractivity contribution is 7.09. The molecule has 6 heteroatoms. The first-order valence-corrected chi connectivity index (χ1v) is 8.97. The average molecular weight is 356 g/mol. The molecule has 130 valence electrons. The standard InChI is InChI=1S/C19H20N2O3S/c1-13(2)14-5-3-6-15(9-14)24-11-18-21-17(12-25-18)19(22)20-10-16-7-4-8-23-16/h3-9,12-13H,10-11H2,1-2H3,(H,20,22). The van der Waals surface area contributed by atoms with Crippen molar-refractivity contribution in [2.75, 3.05) is 0 Å². The van der Waals surface area contributed by atoms with Gasteiger partial charge in [0.1, 0.15) is 28.8 Å². The Balaban J connectivity index is 1.54. The van der Waals surface area contributed by atoms with Crippen LogP contribution in [-0.2, 0) is 13.2 Å². The Kier molecular flexibility index (Phi) is 5.50. The number of carbonyl (C=O) groups is 1. The predicted molar refractivity (Wildman–Crippen MR) is 96.9 cm³/mol. The maximum absolute atomic E-state index is 12.1. The summed E-state index contributed by atoms with van der Waals surface area (Å²) in [5.41, 5.74) is 1.63. The van der Waals surface area contributed by atoms with Crippen LogP contribution in [-0.4, -0.2) is 10.9 Å². The zero-order chi connectivity index (χ0) is 17.6. The molecule has 1 N–H and O–H groups in total. The summed E-state index contributed by atoms with van der Waals surface area (Å²) in [6.45, 7) is 4.98. The van der Waals surface area contributed by atoms with Crippen molar-refractivity contribution in [2.45, 2.75) is 32.9 Å². The Labute approximate surface area is 150 Å². The molecule has 2 aromatic heterocycles. The first-order valence-electron chi connectivity index (χ1n) is 8.09. The lowest BCUT2D eigenvalue weighted by atomic mass is 10.0. The van der Waals surface area contributed by atoms with E-state index in [0.717, 1.165) is 10.8 Å². The van der Waals surface area contributed by atoms with Gasteiger partial charge in [-0.1, -0.05) is 26.0 Å². The van der Waals surface area contributed by atoms with Crippen LogP contribution in [0.15, 0.2) is 52.5 Å². The van der Waals surface area contributed by atoms with E-state index < -0.39 is 0 Å². The summed E-state index contributed by atoms with van der Waals surface area (Å²) in [4.78, 5) is 16.4. The molecule has 1 aromatic carbocycles. The molecule has 0 atom stereocenters. The highest BCUT2D eigenvalue weighted by Crippen LogP contribution is 2.21. The SMILES string of the molecule is CC(C)c1cccc(OCc2nc(C(=O)NCc3ccco3)cs2)c1. The van der Waals surface area contributed by atoms with E-state index in [1.165, 1.54) is 16.9 Å². The highest BCUT2D eigenvalue weighted by Gasteiger charge is 2.11. The zero-order valence-electron chi connectivity index (χ0n) is 14.2. The van der Waals surface area contributed by atoms with E-state index in [0.29, 0.717) is 30.5 Å². The molecule has 5 nitrogen and oxygen atoms in total. The minimum Gasteiger partial charge on any atom is -0.486 e. The molecule has 0 aliphatic carbocycles. The minimum atomic E-state index is -0.222. The number of carbonyl (C=O) groups excluding carboxylic acids is 1. The number of aromatic nitrogens is 1. The second-order valence-corrected chi connectivity index (χ2v) is 6.85. The van der Waals surface area contributed by atoms with Crippen LogP contribution in [0, 0.1) is 0 Å². The molecule has 0 unspecified atom stereocenters. The summed E-state index contributed by atoms with van der Waals surface area (Å²) in [7, 11) is 0. The summed E-state index contributed by atoms with van der Waals surface area (Å²) in [5, 5.41) is 5.28. The number of ether oxygens (including phenoxy) is 1. The van der Waals surface area contributed by atoms with Crippen LogP contribution in [0.4, 0.5) is 0 Å². The van der Waals surface area contributed by atoms with Gasteiger partial charge in [0, 0.05) is 5.38 Å². The number of furan rings is 1. The van der Waals surface area contributed by atoms with E-state index >= 15 is 0 Å². The summed E-state index contributed by atoms with van der Waals surface area (Å²) < 4.78 is 11.0. The second-order valence-electron chi connectivity index (χ2n) is 5.90. The van der Waals surface area contributed by atoms with Gasteiger partial charge in [0.25, 0.3) is 5.91 Å². The summed E-state index contributed by atoms with van der Waals surface area (Å²) in [5.74, 6) is 1.75. The predicted octanol–water partition coefficient (Wildman–Crippen LogP) is 4.37. The van der Waals surface area contributed by atoms with Gasteiger partial charge >= 0.3 is 0 Å². The molecule has 0 saturated carbocycles. The van der Waals surface area contributed by atoms with Gasteiger partial charge in [-0.15, -0.1) is 11.3 Å². The van der Waals surface area contributed by atoms with E-state index in [4.69, 9.17) is 9.15 Å². The lowest BCUT2D eigenvalue weighted by molar-refractivity contribution is 0.0943. The molecule has 25 heavy (non-hydrogen) atoms. The Morgan fingerprint density at radius 1 is 1.32 bits per heavy atom.